The highest BCUT2D eigenvalue weighted by atomic mass is 32.1. The zero-order chi connectivity index (χ0) is 16.7. The Bertz CT molecular complexity index is 631. The summed E-state index contributed by atoms with van der Waals surface area (Å²) in [5.41, 5.74) is 0.706. The predicted octanol–water partition coefficient (Wildman–Crippen LogP) is 2.53. The van der Waals surface area contributed by atoms with Gasteiger partial charge in [-0.25, -0.2) is 9.78 Å². The summed E-state index contributed by atoms with van der Waals surface area (Å²) in [6.45, 7) is 2.49. The van der Waals surface area contributed by atoms with Crippen molar-refractivity contribution >= 4 is 29.0 Å². The van der Waals surface area contributed by atoms with Gasteiger partial charge >= 0.3 is 6.03 Å². The Morgan fingerprint density at radius 2 is 2.04 bits per heavy atom. The van der Waals surface area contributed by atoms with Crippen LogP contribution in [0.15, 0.2) is 41.9 Å². The van der Waals surface area contributed by atoms with Crippen molar-refractivity contribution in [3.05, 3.63) is 46.9 Å². The molecule has 1 unspecified atom stereocenters. The van der Waals surface area contributed by atoms with Gasteiger partial charge in [-0.3, -0.25) is 4.79 Å². The molecule has 0 radical (unpaired) electrons. The van der Waals surface area contributed by atoms with Gasteiger partial charge in [0.25, 0.3) is 0 Å². The third-order valence-corrected chi connectivity index (χ3v) is 4.23. The van der Waals surface area contributed by atoms with Crippen molar-refractivity contribution < 1.29 is 9.59 Å². The molecule has 0 bridgehead atoms. The Kier molecular flexibility index (Phi) is 6.10. The molecule has 1 heterocycles. The lowest BCUT2D eigenvalue weighted by Crippen LogP contribution is -2.42. The molecule has 2 aromatic rings. The number of amides is 3. The highest BCUT2D eigenvalue weighted by Crippen LogP contribution is 2.18. The summed E-state index contributed by atoms with van der Waals surface area (Å²) in [6.07, 6.45) is 1.75. The van der Waals surface area contributed by atoms with E-state index in [4.69, 9.17) is 0 Å². The molecule has 1 atom stereocenters. The summed E-state index contributed by atoms with van der Waals surface area (Å²) >= 11 is 1.57. The summed E-state index contributed by atoms with van der Waals surface area (Å²) in [5, 5.41) is 8.24. The van der Waals surface area contributed by atoms with Gasteiger partial charge in [0.1, 0.15) is 0 Å². The fourth-order valence-corrected chi connectivity index (χ4v) is 2.76. The van der Waals surface area contributed by atoms with Crippen LogP contribution in [0.4, 0.5) is 10.5 Å². The molecule has 0 saturated heterocycles. The summed E-state index contributed by atoms with van der Waals surface area (Å²) in [5.74, 6) is -0.102. The number of hydrogen-bond donors (Lipinski definition) is 2. The van der Waals surface area contributed by atoms with Crippen molar-refractivity contribution in [1.29, 1.82) is 0 Å². The Morgan fingerprint density at radius 3 is 2.70 bits per heavy atom. The van der Waals surface area contributed by atoms with Crippen LogP contribution < -0.4 is 10.6 Å². The molecule has 0 spiro atoms. The predicted molar refractivity (Wildman–Crippen MR) is 91.6 cm³/mol. The van der Waals surface area contributed by atoms with Gasteiger partial charge in [-0.05, 0) is 12.1 Å². The molecular weight excluding hydrogens is 312 g/mol. The molecule has 1 aromatic carbocycles. The lowest BCUT2D eigenvalue weighted by atomic mass is 10.2. The number of nitrogens with one attached hydrogen (secondary N) is 2. The molecule has 2 rings (SSSR count). The third-order valence-electron chi connectivity index (χ3n) is 3.23. The SMILES string of the molecule is CC(CN(C)C(=O)NCC(=O)Nc1ccccc1)c1nccs1. The van der Waals surface area contributed by atoms with Gasteiger partial charge < -0.3 is 15.5 Å². The van der Waals surface area contributed by atoms with E-state index in [0.717, 1.165) is 5.01 Å². The van der Waals surface area contributed by atoms with Gasteiger partial charge in [0.15, 0.2) is 0 Å². The van der Waals surface area contributed by atoms with Crippen LogP contribution >= 0.6 is 11.3 Å². The van der Waals surface area contributed by atoms with Crippen LogP contribution in [-0.2, 0) is 4.79 Å². The number of aromatic nitrogens is 1. The molecule has 0 fully saturated rings. The van der Waals surface area contributed by atoms with E-state index in [9.17, 15) is 9.59 Å². The molecule has 0 aliphatic carbocycles. The van der Waals surface area contributed by atoms with Crippen molar-refractivity contribution in [2.75, 3.05) is 25.5 Å². The van der Waals surface area contributed by atoms with E-state index in [2.05, 4.69) is 15.6 Å². The monoisotopic (exact) mass is 332 g/mol. The third kappa shape index (κ3) is 5.37. The first kappa shape index (κ1) is 17.0. The van der Waals surface area contributed by atoms with Crippen LogP contribution in [0.2, 0.25) is 0 Å². The average Bonchev–Trinajstić information content (AvgIpc) is 3.08. The number of anilines is 1. The summed E-state index contributed by atoms with van der Waals surface area (Å²) in [4.78, 5) is 29.6. The highest BCUT2D eigenvalue weighted by molar-refractivity contribution is 7.09. The molecule has 23 heavy (non-hydrogen) atoms. The van der Waals surface area contributed by atoms with E-state index in [-0.39, 0.29) is 24.4 Å². The van der Waals surface area contributed by atoms with Crippen molar-refractivity contribution in [2.45, 2.75) is 12.8 Å². The standard InChI is InChI=1S/C16H20N4O2S/c1-12(15-17-8-9-23-15)11-20(2)16(22)18-10-14(21)19-13-6-4-3-5-7-13/h3-9,12H,10-11H2,1-2H3,(H,18,22)(H,19,21). The second kappa shape index (κ2) is 8.28. The first-order valence-corrected chi connectivity index (χ1v) is 8.17. The Labute approximate surface area is 139 Å². The van der Waals surface area contributed by atoms with Crippen LogP contribution in [0.25, 0.3) is 0 Å². The average molecular weight is 332 g/mol. The number of thiazole rings is 1. The van der Waals surface area contributed by atoms with Crippen LogP contribution in [0.3, 0.4) is 0 Å². The van der Waals surface area contributed by atoms with Gasteiger partial charge in [0, 0.05) is 36.8 Å². The van der Waals surface area contributed by atoms with Crippen molar-refractivity contribution in [1.82, 2.24) is 15.2 Å². The number of para-hydroxylation sites is 1. The summed E-state index contributed by atoms with van der Waals surface area (Å²) in [6, 6.07) is 8.85. The molecule has 6 nitrogen and oxygen atoms in total. The maximum atomic E-state index is 12.0. The maximum Gasteiger partial charge on any atom is 0.317 e. The van der Waals surface area contributed by atoms with Gasteiger partial charge in [0.05, 0.1) is 11.6 Å². The van der Waals surface area contributed by atoms with E-state index in [1.54, 1.807) is 41.6 Å². The number of carbonyl (C=O) groups is 2. The van der Waals surface area contributed by atoms with E-state index < -0.39 is 0 Å². The van der Waals surface area contributed by atoms with Gasteiger partial charge in [-0.1, -0.05) is 25.1 Å². The van der Waals surface area contributed by atoms with E-state index in [1.807, 2.05) is 30.5 Å². The second-order valence-corrected chi connectivity index (χ2v) is 6.15. The van der Waals surface area contributed by atoms with E-state index in [0.29, 0.717) is 12.2 Å². The molecule has 1 aromatic heterocycles. The lowest BCUT2D eigenvalue weighted by molar-refractivity contribution is -0.115. The maximum absolute atomic E-state index is 12.0. The fraction of sp³-hybridized carbons (Fsp3) is 0.312. The summed E-state index contributed by atoms with van der Waals surface area (Å²) in [7, 11) is 1.70. The minimum atomic E-state index is -0.281. The largest absolute Gasteiger partial charge is 0.329 e. The highest BCUT2D eigenvalue weighted by Gasteiger charge is 2.16. The topological polar surface area (TPSA) is 74.3 Å². The summed E-state index contributed by atoms with van der Waals surface area (Å²) < 4.78 is 0. The molecule has 0 saturated carbocycles. The molecule has 2 N–H and O–H groups in total. The van der Waals surface area contributed by atoms with E-state index >= 15 is 0 Å². The fourth-order valence-electron chi connectivity index (χ4n) is 2.07. The first-order chi connectivity index (χ1) is 11.1. The number of benzene rings is 1. The molecular formula is C16H20N4O2S. The number of hydrogen-bond acceptors (Lipinski definition) is 4. The van der Waals surface area contributed by atoms with E-state index in [1.165, 1.54) is 0 Å². The zero-order valence-electron chi connectivity index (χ0n) is 13.2. The van der Waals surface area contributed by atoms with Crippen LogP contribution in [0, 0.1) is 0 Å². The molecule has 7 heteroatoms. The number of likely N-dealkylation sites (N-methyl/N-ethyl adjacent to an activating group) is 1. The van der Waals surface area contributed by atoms with Crippen LogP contribution in [0.5, 0.6) is 0 Å². The second-order valence-electron chi connectivity index (χ2n) is 5.22. The van der Waals surface area contributed by atoms with Crippen LogP contribution in [-0.4, -0.2) is 42.0 Å². The molecule has 122 valence electrons. The Morgan fingerprint density at radius 1 is 1.30 bits per heavy atom. The number of rotatable bonds is 6. The normalized spacial score (nSPS) is 11.6. The van der Waals surface area contributed by atoms with Crippen LogP contribution in [0.1, 0.15) is 17.8 Å². The van der Waals surface area contributed by atoms with Gasteiger partial charge in [-0.2, -0.15) is 0 Å². The lowest BCUT2D eigenvalue weighted by Gasteiger charge is -2.20. The first-order valence-electron chi connectivity index (χ1n) is 7.29. The number of carbonyl (C=O) groups excluding carboxylic acids is 2. The molecule has 0 aliphatic heterocycles. The molecule has 0 aliphatic rings. The smallest absolute Gasteiger partial charge is 0.317 e. The van der Waals surface area contributed by atoms with Gasteiger partial charge in [-0.15, -0.1) is 11.3 Å². The number of nitrogens with zero attached hydrogens (tertiary/aromatic N) is 2. The quantitative estimate of drug-likeness (QED) is 0.853. The zero-order valence-corrected chi connectivity index (χ0v) is 14.0. The minimum absolute atomic E-state index is 0.0658. The van der Waals surface area contributed by atoms with Crippen molar-refractivity contribution in [2.24, 2.45) is 0 Å². The Hall–Kier alpha value is -2.41. The Balaban J connectivity index is 1.74. The molecule has 3 amide bonds. The van der Waals surface area contributed by atoms with Crippen molar-refractivity contribution in [3.63, 3.8) is 0 Å². The van der Waals surface area contributed by atoms with Crippen molar-refractivity contribution in [3.8, 4) is 0 Å². The minimum Gasteiger partial charge on any atom is -0.329 e. The van der Waals surface area contributed by atoms with Gasteiger partial charge in [0.2, 0.25) is 5.91 Å². The number of urea groups is 1.